The SMILES string of the molecule is Cc1ccc(Nc2ccnc(-n3nc(C)cc3C)n2)cc1. The number of hydrogen-bond donors (Lipinski definition) is 1. The standard InChI is InChI=1S/C16H17N5/c1-11-4-6-14(7-5-11)18-15-8-9-17-16(19-15)21-13(3)10-12(2)20-21/h4-10H,1-3H3,(H,17,18,19). The second-order valence-electron chi connectivity index (χ2n) is 5.07. The van der Waals surface area contributed by atoms with E-state index in [1.165, 1.54) is 5.56 Å². The summed E-state index contributed by atoms with van der Waals surface area (Å²) in [5.41, 5.74) is 4.19. The molecule has 0 aliphatic heterocycles. The molecule has 0 saturated heterocycles. The molecule has 106 valence electrons. The Morgan fingerprint density at radius 2 is 1.76 bits per heavy atom. The summed E-state index contributed by atoms with van der Waals surface area (Å²) >= 11 is 0. The largest absolute Gasteiger partial charge is 0.340 e. The number of benzene rings is 1. The first-order chi connectivity index (χ1) is 10.1. The Bertz CT molecular complexity index is 759. The highest BCUT2D eigenvalue weighted by Gasteiger charge is 2.07. The molecule has 0 unspecified atom stereocenters. The maximum atomic E-state index is 4.51. The Hall–Kier alpha value is -2.69. The van der Waals surface area contributed by atoms with Gasteiger partial charge in [-0.25, -0.2) is 9.67 Å². The first kappa shape index (κ1) is 13.3. The molecule has 2 heterocycles. The number of aromatic nitrogens is 4. The maximum Gasteiger partial charge on any atom is 0.252 e. The van der Waals surface area contributed by atoms with Crippen molar-refractivity contribution in [2.75, 3.05) is 5.32 Å². The van der Waals surface area contributed by atoms with Crippen LogP contribution in [0.3, 0.4) is 0 Å². The summed E-state index contributed by atoms with van der Waals surface area (Å²) < 4.78 is 1.75. The lowest BCUT2D eigenvalue weighted by Crippen LogP contribution is -2.06. The van der Waals surface area contributed by atoms with Crippen molar-refractivity contribution < 1.29 is 0 Å². The van der Waals surface area contributed by atoms with Crippen LogP contribution in [0.2, 0.25) is 0 Å². The van der Waals surface area contributed by atoms with Gasteiger partial charge >= 0.3 is 0 Å². The summed E-state index contributed by atoms with van der Waals surface area (Å²) in [5, 5.41) is 7.68. The van der Waals surface area contributed by atoms with Crippen LogP contribution in [0.4, 0.5) is 11.5 Å². The summed E-state index contributed by atoms with van der Waals surface area (Å²) in [6.07, 6.45) is 1.73. The Labute approximate surface area is 123 Å². The zero-order valence-corrected chi connectivity index (χ0v) is 12.3. The molecule has 3 aromatic rings. The summed E-state index contributed by atoms with van der Waals surface area (Å²) in [5.74, 6) is 1.31. The first-order valence-electron chi connectivity index (χ1n) is 6.82. The molecular weight excluding hydrogens is 262 g/mol. The third kappa shape index (κ3) is 2.91. The van der Waals surface area contributed by atoms with Crippen LogP contribution in [0.1, 0.15) is 17.0 Å². The topological polar surface area (TPSA) is 55.6 Å². The molecule has 0 radical (unpaired) electrons. The van der Waals surface area contributed by atoms with Crippen LogP contribution in [0.5, 0.6) is 0 Å². The van der Waals surface area contributed by atoms with Crippen LogP contribution in [0.25, 0.3) is 5.95 Å². The molecule has 2 aromatic heterocycles. The third-order valence-electron chi connectivity index (χ3n) is 3.17. The smallest absolute Gasteiger partial charge is 0.252 e. The number of hydrogen-bond acceptors (Lipinski definition) is 4. The molecule has 0 aliphatic rings. The minimum absolute atomic E-state index is 0.567. The van der Waals surface area contributed by atoms with Gasteiger partial charge in [-0.15, -0.1) is 0 Å². The Balaban J connectivity index is 1.89. The van der Waals surface area contributed by atoms with E-state index in [1.807, 2.05) is 38.1 Å². The number of anilines is 2. The van der Waals surface area contributed by atoms with Crippen molar-refractivity contribution in [2.45, 2.75) is 20.8 Å². The average Bonchev–Trinajstić information content (AvgIpc) is 2.81. The monoisotopic (exact) mass is 279 g/mol. The van der Waals surface area contributed by atoms with E-state index in [0.29, 0.717) is 5.95 Å². The molecule has 3 rings (SSSR count). The number of nitrogens with one attached hydrogen (secondary N) is 1. The van der Waals surface area contributed by atoms with E-state index in [9.17, 15) is 0 Å². The molecule has 0 atom stereocenters. The molecule has 5 nitrogen and oxygen atoms in total. The zero-order chi connectivity index (χ0) is 14.8. The lowest BCUT2D eigenvalue weighted by atomic mass is 10.2. The minimum atomic E-state index is 0.567. The second-order valence-corrected chi connectivity index (χ2v) is 5.07. The fourth-order valence-electron chi connectivity index (χ4n) is 2.14. The van der Waals surface area contributed by atoms with Crippen LogP contribution in [0, 0.1) is 20.8 Å². The highest BCUT2D eigenvalue weighted by molar-refractivity contribution is 5.56. The van der Waals surface area contributed by atoms with E-state index in [0.717, 1.165) is 22.9 Å². The lowest BCUT2D eigenvalue weighted by molar-refractivity contribution is 0.775. The van der Waals surface area contributed by atoms with Gasteiger partial charge in [-0.1, -0.05) is 17.7 Å². The summed E-state index contributed by atoms with van der Waals surface area (Å²) in [6.45, 7) is 6.01. The molecule has 0 saturated carbocycles. The predicted octanol–water partition coefficient (Wildman–Crippen LogP) is 3.33. The van der Waals surface area contributed by atoms with E-state index < -0.39 is 0 Å². The molecule has 0 spiro atoms. The normalized spacial score (nSPS) is 10.6. The van der Waals surface area contributed by atoms with Crippen LogP contribution in [0.15, 0.2) is 42.6 Å². The zero-order valence-electron chi connectivity index (χ0n) is 12.3. The quantitative estimate of drug-likeness (QED) is 0.799. The van der Waals surface area contributed by atoms with E-state index in [2.05, 4.69) is 39.4 Å². The highest BCUT2D eigenvalue weighted by Crippen LogP contribution is 2.16. The minimum Gasteiger partial charge on any atom is -0.340 e. The van der Waals surface area contributed by atoms with E-state index >= 15 is 0 Å². The lowest BCUT2D eigenvalue weighted by Gasteiger charge is -2.08. The van der Waals surface area contributed by atoms with Crippen molar-refractivity contribution in [2.24, 2.45) is 0 Å². The van der Waals surface area contributed by atoms with Crippen molar-refractivity contribution in [3.05, 3.63) is 59.5 Å². The summed E-state index contributed by atoms with van der Waals surface area (Å²) in [7, 11) is 0. The van der Waals surface area contributed by atoms with Crippen molar-refractivity contribution in [3.8, 4) is 5.95 Å². The van der Waals surface area contributed by atoms with Crippen molar-refractivity contribution in [1.29, 1.82) is 0 Å². The van der Waals surface area contributed by atoms with Gasteiger partial charge in [0.15, 0.2) is 0 Å². The van der Waals surface area contributed by atoms with E-state index in [1.54, 1.807) is 10.9 Å². The first-order valence-corrected chi connectivity index (χ1v) is 6.82. The van der Waals surface area contributed by atoms with Gasteiger partial charge in [-0.2, -0.15) is 10.1 Å². The van der Waals surface area contributed by atoms with Crippen LogP contribution >= 0.6 is 0 Å². The Morgan fingerprint density at radius 1 is 1.00 bits per heavy atom. The van der Waals surface area contributed by atoms with Gasteiger partial charge in [0.25, 0.3) is 5.95 Å². The fraction of sp³-hybridized carbons (Fsp3) is 0.188. The molecule has 0 bridgehead atoms. The van der Waals surface area contributed by atoms with Crippen LogP contribution < -0.4 is 5.32 Å². The molecule has 0 fully saturated rings. The van der Waals surface area contributed by atoms with E-state index in [4.69, 9.17) is 0 Å². The van der Waals surface area contributed by atoms with Crippen LogP contribution in [-0.2, 0) is 0 Å². The second kappa shape index (κ2) is 5.36. The van der Waals surface area contributed by atoms with Gasteiger partial charge in [0.2, 0.25) is 0 Å². The Morgan fingerprint density at radius 3 is 2.43 bits per heavy atom. The summed E-state index contributed by atoms with van der Waals surface area (Å²) in [4.78, 5) is 8.80. The third-order valence-corrected chi connectivity index (χ3v) is 3.17. The highest BCUT2D eigenvalue weighted by atomic mass is 15.4. The Kier molecular flexibility index (Phi) is 3.39. The van der Waals surface area contributed by atoms with Gasteiger partial charge in [0, 0.05) is 17.6 Å². The number of rotatable bonds is 3. The molecular formula is C16H17N5. The van der Waals surface area contributed by atoms with Gasteiger partial charge in [0.05, 0.1) is 5.69 Å². The van der Waals surface area contributed by atoms with Gasteiger partial charge in [-0.05, 0) is 45.0 Å². The van der Waals surface area contributed by atoms with Gasteiger partial charge in [0.1, 0.15) is 5.82 Å². The van der Waals surface area contributed by atoms with Crippen LogP contribution in [-0.4, -0.2) is 19.7 Å². The van der Waals surface area contributed by atoms with E-state index in [-0.39, 0.29) is 0 Å². The van der Waals surface area contributed by atoms with Gasteiger partial charge < -0.3 is 5.32 Å². The molecule has 0 amide bonds. The van der Waals surface area contributed by atoms with Crippen molar-refractivity contribution >= 4 is 11.5 Å². The van der Waals surface area contributed by atoms with Crippen molar-refractivity contribution in [3.63, 3.8) is 0 Å². The average molecular weight is 279 g/mol. The molecule has 0 aliphatic carbocycles. The van der Waals surface area contributed by atoms with Gasteiger partial charge in [-0.3, -0.25) is 0 Å². The number of aryl methyl sites for hydroxylation is 3. The summed E-state index contributed by atoms with van der Waals surface area (Å²) in [6, 6.07) is 12.0. The van der Waals surface area contributed by atoms with Crippen molar-refractivity contribution in [1.82, 2.24) is 19.7 Å². The fourth-order valence-corrected chi connectivity index (χ4v) is 2.14. The number of nitrogens with zero attached hydrogens (tertiary/aromatic N) is 4. The predicted molar refractivity (Wildman–Crippen MR) is 83.1 cm³/mol. The molecule has 1 aromatic carbocycles. The maximum absolute atomic E-state index is 4.51. The molecule has 21 heavy (non-hydrogen) atoms. The molecule has 1 N–H and O–H groups in total. The molecule has 5 heteroatoms.